The van der Waals surface area contributed by atoms with E-state index in [1.54, 1.807) is 24.1 Å². The average Bonchev–Trinajstić information content (AvgIpc) is 2.57. The van der Waals surface area contributed by atoms with Crippen molar-refractivity contribution in [3.63, 3.8) is 0 Å². The number of piperidine rings is 1. The maximum absolute atomic E-state index is 13.3. The minimum atomic E-state index is -1.03. The molecule has 1 aromatic heterocycles. The first kappa shape index (κ1) is 16.3. The number of likely N-dealkylation sites (tertiary alicyclic amines) is 1. The number of nitrogens with zero attached hydrogens (tertiary/aromatic N) is 3. The molecule has 0 saturated carbocycles. The van der Waals surface area contributed by atoms with Gasteiger partial charge in [0.15, 0.2) is 11.6 Å². The highest BCUT2D eigenvalue weighted by Gasteiger charge is 2.26. The highest BCUT2D eigenvalue weighted by molar-refractivity contribution is 5.94. The lowest BCUT2D eigenvalue weighted by Crippen LogP contribution is -2.44. The van der Waals surface area contributed by atoms with Crippen molar-refractivity contribution in [2.45, 2.75) is 25.9 Å². The topological polar surface area (TPSA) is 55.3 Å². The van der Waals surface area contributed by atoms with Gasteiger partial charge in [-0.2, -0.15) is 4.98 Å². The van der Waals surface area contributed by atoms with Gasteiger partial charge in [-0.05, 0) is 38.0 Å². The Balaban J connectivity index is 1.68. The van der Waals surface area contributed by atoms with Gasteiger partial charge in [-0.1, -0.05) is 0 Å². The molecule has 1 amide bonds. The summed E-state index contributed by atoms with van der Waals surface area (Å²) in [5, 5.41) is 0. The molecule has 1 aromatic carbocycles. The predicted octanol–water partition coefficient (Wildman–Crippen LogP) is 2.75. The molecule has 2 aromatic rings. The molecule has 0 spiro atoms. The molecule has 1 saturated heterocycles. The number of hydrogen-bond acceptors (Lipinski definition) is 4. The van der Waals surface area contributed by atoms with Crippen molar-refractivity contribution in [3.05, 3.63) is 53.5 Å². The van der Waals surface area contributed by atoms with Gasteiger partial charge in [0, 0.05) is 24.4 Å². The molecule has 0 bridgehead atoms. The van der Waals surface area contributed by atoms with Gasteiger partial charge < -0.3 is 9.64 Å². The molecule has 126 valence electrons. The largest absolute Gasteiger partial charge is 0.472 e. The summed E-state index contributed by atoms with van der Waals surface area (Å²) in [6.45, 7) is 2.70. The van der Waals surface area contributed by atoms with Gasteiger partial charge in [0.05, 0.1) is 6.54 Å². The van der Waals surface area contributed by atoms with Crippen LogP contribution in [0.15, 0.2) is 30.5 Å². The Morgan fingerprint density at radius 2 is 2.12 bits per heavy atom. The van der Waals surface area contributed by atoms with E-state index in [0.717, 1.165) is 25.0 Å². The van der Waals surface area contributed by atoms with Crippen LogP contribution in [0.4, 0.5) is 8.78 Å². The fraction of sp³-hybridized carbons (Fsp3) is 0.353. The zero-order chi connectivity index (χ0) is 17.1. The van der Waals surface area contributed by atoms with Crippen LogP contribution in [0.25, 0.3) is 0 Å². The van der Waals surface area contributed by atoms with Crippen molar-refractivity contribution in [2.75, 3.05) is 13.1 Å². The van der Waals surface area contributed by atoms with E-state index in [-0.39, 0.29) is 17.6 Å². The Hall–Kier alpha value is -2.57. The Morgan fingerprint density at radius 3 is 2.88 bits per heavy atom. The SMILES string of the molecule is Cc1nccc(O[C@H]2CCCN(C(=O)c3ccc(F)c(F)c3)C2)n1. The van der Waals surface area contributed by atoms with Crippen LogP contribution < -0.4 is 4.74 Å². The Bertz CT molecular complexity index is 754. The van der Waals surface area contributed by atoms with Gasteiger partial charge >= 0.3 is 0 Å². The lowest BCUT2D eigenvalue weighted by Gasteiger charge is -2.32. The van der Waals surface area contributed by atoms with Crippen LogP contribution in [0.5, 0.6) is 5.88 Å². The van der Waals surface area contributed by atoms with E-state index in [0.29, 0.717) is 24.8 Å². The maximum Gasteiger partial charge on any atom is 0.254 e. The van der Waals surface area contributed by atoms with E-state index in [1.165, 1.54) is 6.07 Å². The summed E-state index contributed by atoms with van der Waals surface area (Å²) in [7, 11) is 0. The molecule has 5 nitrogen and oxygen atoms in total. The van der Waals surface area contributed by atoms with Crippen LogP contribution in [0.2, 0.25) is 0 Å². The molecule has 0 N–H and O–H groups in total. The van der Waals surface area contributed by atoms with Crippen molar-refractivity contribution in [1.82, 2.24) is 14.9 Å². The molecule has 7 heteroatoms. The summed E-state index contributed by atoms with van der Waals surface area (Å²) >= 11 is 0. The fourth-order valence-electron chi connectivity index (χ4n) is 2.70. The first-order chi connectivity index (χ1) is 11.5. The van der Waals surface area contributed by atoms with Crippen LogP contribution in [-0.2, 0) is 0 Å². The standard InChI is InChI=1S/C17H17F2N3O2/c1-11-20-7-6-16(21-11)24-13-3-2-8-22(10-13)17(23)12-4-5-14(18)15(19)9-12/h4-7,9,13H,2-3,8,10H2,1H3/t13-/m0/s1. The van der Waals surface area contributed by atoms with Crippen LogP contribution in [0.3, 0.4) is 0 Å². The van der Waals surface area contributed by atoms with Crippen molar-refractivity contribution in [1.29, 1.82) is 0 Å². The number of aromatic nitrogens is 2. The van der Waals surface area contributed by atoms with E-state index in [1.807, 2.05) is 0 Å². The number of halogens is 2. The van der Waals surface area contributed by atoms with E-state index in [9.17, 15) is 13.6 Å². The Labute approximate surface area is 138 Å². The number of ether oxygens (including phenoxy) is 1. The number of carbonyl (C=O) groups excluding carboxylic acids is 1. The minimum absolute atomic E-state index is 0.132. The van der Waals surface area contributed by atoms with Gasteiger partial charge in [-0.3, -0.25) is 4.79 Å². The van der Waals surface area contributed by atoms with E-state index in [4.69, 9.17) is 4.74 Å². The van der Waals surface area contributed by atoms with E-state index >= 15 is 0 Å². The van der Waals surface area contributed by atoms with Gasteiger partial charge in [-0.15, -0.1) is 0 Å². The zero-order valence-electron chi connectivity index (χ0n) is 13.2. The van der Waals surface area contributed by atoms with Crippen LogP contribution in [0, 0.1) is 18.6 Å². The number of benzene rings is 1. The van der Waals surface area contributed by atoms with Crippen LogP contribution >= 0.6 is 0 Å². The van der Waals surface area contributed by atoms with E-state index < -0.39 is 11.6 Å². The first-order valence-corrected chi connectivity index (χ1v) is 7.73. The molecule has 2 heterocycles. The summed E-state index contributed by atoms with van der Waals surface area (Å²) in [6.07, 6.45) is 2.99. The third kappa shape index (κ3) is 3.67. The normalized spacial score (nSPS) is 17.6. The molecule has 0 aliphatic carbocycles. The Morgan fingerprint density at radius 1 is 1.29 bits per heavy atom. The first-order valence-electron chi connectivity index (χ1n) is 7.73. The van der Waals surface area contributed by atoms with Gasteiger partial charge in [0.25, 0.3) is 5.91 Å². The number of rotatable bonds is 3. The molecule has 1 aliphatic rings. The van der Waals surface area contributed by atoms with Crippen LogP contribution in [0.1, 0.15) is 29.0 Å². The van der Waals surface area contributed by atoms with Gasteiger partial charge in [-0.25, -0.2) is 13.8 Å². The van der Waals surface area contributed by atoms with Crippen molar-refractivity contribution in [2.24, 2.45) is 0 Å². The average molecular weight is 333 g/mol. The summed E-state index contributed by atoms with van der Waals surface area (Å²) in [5.41, 5.74) is 0.132. The lowest BCUT2D eigenvalue weighted by atomic mass is 10.1. The molecule has 3 rings (SSSR count). The third-order valence-corrected chi connectivity index (χ3v) is 3.87. The summed E-state index contributed by atoms with van der Waals surface area (Å²) in [4.78, 5) is 22.3. The summed E-state index contributed by atoms with van der Waals surface area (Å²) < 4.78 is 32.1. The third-order valence-electron chi connectivity index (χ3n) is 3.87. The molecular formula is C17H17F2N3O2. The second kappa shape index (κ2) is 6.90. The lowest BCUT2D eigenvalue weighted by molar-refractivity contribution is 0.0526. The fourth-order valence-corrected chi connectivity index (χ4v) is 2.70. The number of amides is 1. The van der Waals surface area contributed by atoms with Crippen LogP contribution in [-0.4, -0.2) is 40.0 Å². The molecule has 24 heavy (non-hydrogen) atoms. The molecule has 1 aliphatic heterocycles. The van der Waals surface area contributed by atoms with Crippen molar-refractivity contribution < 1.29 is 18.3 Å². The zero-order valence-corrected chi connectivity index (χ0v) is 13.2. The Kier molecular flexibility index (Phi) is 4.69. The highest BCUT2D eigenvalue weighted by Crippen LogP contribution is 2.19. The second-order valence-corrected chi connectivity index (χ2v) is 5.70. The predicted molar refractivity (Wildman–Crippen MR) is 82.7 cm³/mol. The maximum atomic E-state index is 13.3. The van der Waals surface area contributed by atoms with Gasteiger partial charge in [0.2, 0.25) is 5.88 Å². The second-order valence-electron chi connectivity index (χ2n) is 5.70. The molecule has 1 atom stereocenters. The van der Waals surface area contributed by atoms with Gasteiger partial charge in [0.1, 0.15) is 11.9 Å². The number of carbonyl (C=O) groups is 1. The smallest absolute Gasteiger partial charge is 0.254 e. The van der Waals surface area contributed by atoms with E-state index in [2.05, 4.69) is 9.97 Å². The van der Waals surface area contributed by atoms with Crippen molar-refractivity contribution in [3.8, 4) is 5.88 Å². The molecule has 0 unspecified atom stereocenters. The number of hydrogen-bond donors (Lipinski definition) is 0. The summed E-state index contributed by atoms with van der Waals surface area (Å²) in [5.74, 6) is -1.25. The quantitative estimate of drug-likeness (QED) is 0.867. The highest BCUT2D eigenvalue weighted by atomic mass is 19.2. The minimum Gasteiger partial charge on any atom is -0.472 e. The summed E-state index contributed by atoms with van der Waals surface area (Å²) in [6, 6.07) is 4.85. The van der Waals surface area contributed by atoms with Crippen molar-refractivity contribution >= 4 is 5.91 Å². The molecule has 0 radical (unpaired) electrons. The monoisotopic (exact) mass is 333 g/mol. The molecule has 1 fully saturated rings. The molecular weight excluding hydrogens is 316 g/mol. The number of aryl methyl sites for hydroxylation is 1.